The first kappa shape index (κ1) is 7.59. The van der Waals surface area contributed by atoms with Gasteiger partial charge in [-0.2, -0.15) is 0 Å². The van der Waals surface area contributed by atoms with Crippen LogP contribution in [0, 0.1) is 0 Å². The molecule has 0 aliphatic carbocycles. The Balaban J connectivity index is 3.91. The van der Waals surface area contributed by atoms with Gasteiger partial charge in [-0.1, -0.05) is 0 Å². The summed E-state index contributed by atoms with van der Waals surface area (Å²) in [5.74, 6) is -0.0694. The van der Waals surface area contributed by atoms with Gasteiger partial charge in [0, 0.05) is 6.54 Å². The molecule has 3 heteroatoms. The van der Waals surface area contributed by atoms with Gasteiger partial charge in [-0.05, 0) is 13.8 Å². The molecule has 0 radical (unpaired) electrons. The number of carbonyl (C=O) groups is 1. The lowest BCUT2D eigenvalue weighted by Gasteiger charge is -2.17. The summed E-state index contributed by atoms with van der Waals surface area (Å²) in [6, 6.07) is 0. The van der Waals surface area contributed by atoms with Crippen LogP contribution in [0.4, 0.5) is 0 Å². The fourth-order valence-electron chi connectivity index (χ4n) is 0.144. The third-order valence-electron chi connectivity index (χ3n) is 1.23. The fourth-order valence-corrected chi connectivity index (χ4v) is 0.144. The van der Waals surface area contributed by atoms with Crippen LogP contribution in [-0.4, -0.2) is 17.9 Å². The number of hydrogen-bond donors (Lipinski definition) is 2. The van der Waals surface area contributed by atoms with Crippen molar-refractivity contribution in [1.82, 2.24) is 0 Å². The molecule has 48 valence electrons. The van der Waals surface area contributed by atoms with E-state index in [0.717, 1.165) is 0 Å². The molecule has 0 rings (SSSR count). The van der Waals surface area contributed by atoms with E-state index in [0.29, 0.717) is 0 Å². The van der Waals surface area contributed by atoms with Gasteiger partial charge in [-0.25, -0.2) is 0 Å². The fraction of sp³-hybridized carbons (Fsp3) is 0.800. The molecule has 3 nitrogen and oxygen atoms in total. The standard InChI is InChI=1S/C5H12N2O/c1-4(8)5(2,7)3-6/h3,6-7H2,1-2H3. The second kappa shape index (κ2) is 2.24. The largest absolute Gasteiger partial charge is 0.328 e. The van der Waals surface area contributed by atoms with E-state index in [9.17, 15) is 4.79 Å². The first-order valence-electron chi connectivity index (χ1n) is 2.50. The number of nitrogens with two attached hydrogens (primary N) is 2. The van der Waals surface area contributed by atoms with Crippen LogP contribution in [0.2, 0.25) is 0 Å². The normalized spacial score (nSPS) is 17.5. The van der Waals surface area contributed by atoms with Crippen molar-refractivity contribution in [2.45, 2.75) is 19.4 Å². The van der Waals surface area contributed by atoms with Gasteiger partial charge >= 0.3 is 0 Å². The van der Waals surface area contributed by atoms with Crippen LogP contribution in [0.5, 0.6) is 0 Å². The molecule has 4 N–H and O–H groups in total. The predicted octanol–water partition coefficient (Wildman–Crippen LogP) is -0.748. The monoisotopic (exact) mass is 116 g/mol. The maximum Gasteiger partial charge on any atom is 0.150 e. The van der Waals surface area contributed by atoms with Crippen molar-refractivity contribution in [3.8, 4) is 0 Å². The predicted molar refractivity (Wildman–Crippen MR) is 32.3 cm³/mol. The molecular formula is C5H12N2O. The Kier molecular flexibility index (Phi) is 2.12. The molecule has 0 bridgehead atoms. The third kappa shape index (κ3) is 1.60. The van der Waals surface area contributed by atoms with E-state index in [1.165, 1.54) is 6.92 Å². The maximum atomic E-state index is 10.5. The average molecular weight is 116 g/mol. The minimum atomic E-state index is -0.819. The van der Waals surface area contributed by atoms with Crippen molar-refractivity contribution in [3.63, 3.8) is 0 Å². The highest BCUT2D eigenvalue weighted by molar-refractivity contribution is 5.85. The molecule has 0 aromatic rings. The van der Waals surface area contributed by atoms with Crippen LogP contribution in [0.15, 0.2) is 0 Å². The summed E-state index contributed by atoms with van der Waals surface area (Å²) >= 11 is 0. The maximum absolute atomic E-state index is 10.5. The first-order valence-corrected chi connectivity index (χ1v) is 2.50. The van der Waals surface area contributed by atoms with Gasteiger partial charge in [0.25, 0.3) is 0 Å². The van der Waals surface area contributed by atoms with E-state index in [1.807, 2.05) is 0 Å². The Bertz CT molecular complexity index is 98.6. The van der Waals surface area contributed by atoms with Gasteiger partial charge in [-0.3, -0.25) is 4.79 Å². The zero-order valence-electron chi connectivity index (χ0n) is 5.27. The van der Waals surface area contributed by atoms with E-state index in [1.54, 1.807) is 6.92 Å². The van der Waals surface area contributed by atoms with E-state index in [2.05, 4.69) is 0 Å². The summed E-state index contributed by atoms with van der Waals surface area (Å²) in [4.78, 5) is 10.5. The van der Waals surface area contributed by atoms with Crippen molar-refractivity contribution in [3.05, 3.63) is 0 Å². The van der Waals surface area contributed by atoms with Crippen LogP contribution >= 0.6 is 0 Å². The van der Waals surface area contributed by atoms with Gasteiger partial charge in [-0.15, -0.1) is 0 Å². The Hall–Kier alpha value is -0.410. The van der Waals surface area contributed by atoms with E-state index < -0.39 is 5.54 Å². The van der Waals surface area contributed by atoms with Crippen molar-refractivity contribution in [2.75, 3.05) is 6.54 Å². The molecule has 0 saturated carbocycles. The molecule has 0 amide bonds. The first-order chi connectivity index (χ1) is 3.50. The smallest absolute Gasteiger partial charge is 0.150 e. The SMILES string of the molecule is CC(=O)C(C)(N)CN. The number of Topliss-reactive ketones (excluding diaryl/α,β-unsaturated/α-hetero) is 1. The average Bonchev–Trinajstić information content (AvgIpc) is 1.67. The summed E-state index contributed by atoms with van der Waals surface area (Å²) in [5.41, 5.74) is 9.73. The molecule has 0 aromatic carbocycles. The molecule has 0 saturated heterocycles. The van der Waals surface area contributed by atoms with Crippen LogP contribution in [0.25, 0.3) is 0 Å². The van der Waals surface area contributed by atoms with Crippen LogP contribution < -0.4 is 11.5 Å². The molecule has 0 aliphatic heterocycles. The summed E-state index contributed by atoms with van der Waals surface area (Å²) in [5, 5.41) is 0. The molecule has 0 spiro atoms. The lowest BCUT2D eigenvalue weighted by Crippen LogP contribution is -2.49. The Labute approximate surface area is 49.0 Å². The number of carbonyl (C=O) groups excluding carboxylic acids is 1. The molecule has 1 atom stereocenters. The number of ketones is 1. The number of hydrogen-bond acceptors (Lipinski definition) is 3. The van der Waals surface area contributed by atoms with Crippen molar-refractivity contribution < 1.29 is 4.79 Å². The Morgan fingerprint density at radius 1 is 1.75 bits per heavy atom. The molecule has 8 heavy (non-hydrogen) atoms. The molecular weight excluding hydrogens is 104 g/mol. The molecule has 1 unspecified atom stereocenters. The Morgan fingerprint density at radius 2 is 2.12 bits per heavy atom. The summed E-state index contributed by atoms with van der Waals surface area (Å²) < 4.78 is 0. The molecule has 0 fully saturated rings. The van der Waals surface area contributed by atoms with Crippen LogP contribution in [0.1, 0.15) is 13.8 Å². The van der Waals surface area contributed by atoms with Gasteiger partial charge in [0.1, 0.15) is 0 Å². The zero-order chi connectivity index (χ0) is 6.78. The van der Waals surface area contributed by atoms with E-state index in [4.69, 9.17) is 11.5 Å². The lowest BCUT2D eigenvalue weighted by molar-refractivity contribution is -0.121. The quantitative estimate of drug-likeness (QED) is 0.499. The minimum Gasteiger partial charge on any atom is -0.328 e. The van der Waals surface area contributed by atoms with Gasteiger partial charge in [0.05, 0.1) is 5.54 Å². The Morgan fingerprint density at radius 3 is 2.12 bits per heavy atom. The van der Waals surface area contributed by atoms with Crippen molar-refractivity contribution >= 4 is 5.78 Å². The minimum absolute atomic E-state index is 0.0694. The molecule has 0 heterocycles. The number of rotatable bonds is 2. The summed E-state index contributed by atoms with van der Waals surface area (Å²) in [6.07, 6.45) is 0. The van der Waals surface area contributed by atoms with Crippen LogP contribution in [-0.2, 0) is 4.79 Å². The van der Waals surface area contributed by atoms with E-state index in [-0.39, 0.29) is 12.3 Å². The second-order valence-electron chi connectivity index (χ2n) is 2.18. The zero-order valence-corrected chi connectivity index (χ0v) is 5.27. The van der Waals surface area contributed by atoms with Crippen LogP contribution in [0.3, 0.4) is 0 Å². The molecule has 0 aliphatic rings. The van der Waals surface area contributed by atoms with Gasteiger partial charge in [0.15, 0.2) is 5.78 Å². The van der Waals surface area contributed by atoms with Crippen molar-refractivity contribution in [1.29, 1.82) is 0 Å². The van der Waals surface area contributed by atoms with Gasteiger partial charge in [0.2, 0.25) is 0 Å². The summed E-state index contributed by atoms with van der Waals surface area (Å²) in [7, 11) is 0. The highest BCUT2D eigenvalue weighted by atomic mass is 16.1. The summed E-state index contributed by atoms with van der Waals surface area (Å²) in [6.45, 7) is 3.27. The topological polar surface area (TPSA) is 69.1 Å². The second-order valence-corrected chi connectivity index (χ2v) is 2.18. The third-order valence-corrected chi connectivity index (χ3v) is 1.23. The highest BCUT2D eigenvalue weighted by Gasteiger charge is 2.20. The van der Waals surface area contributed by atoms with E-state index >= 15 is 0 Å². The lowest BCUT2D eigenvalue weighted by atomic mass is 10.0. The highest BCUT2D eigenvalue weighted by Crippen LogP contribution is 1.95. The van der Waals surface area contributed by atoms with Gasteiger partial charge < -0.3 is 11.5 Å². The van der Waals surface area contributed by atoms with Crippen molar-refractivity contribution in [2.24, 2.45) is 11.5 Å². The molecule has 0 aromatic heterocycles.